The molecule has 4 atom stereocenters. The molecule has 73 heavy (non-hydrogen) atoms. The van der Waals surface area contributed by atoms with Crippen molar-refractivity contribution in [1.29, 1.82) is 0 Å². The second-order valence-corrected chi connectivity index (χ2v) is 24.6. The lowest BCUT2D eigenvalue weighted by molar-refractivity contribution is -0.175. The zero-order valence-electron chi connectivity index (χ0n) is 42.3. The molecule has 1 saturated heterocycles. The molecule has 0 bridgehead atoms. The molecule has 15 heteroatoms. The third-order valence-electron chi connectivity index (χ3n) is 14.6. The molecule has 6 aromatic carbocycles. The van der Waals surface area contributed by atoms with Gasteiger partial charge in [0.05, 0.1) is 40.9 Å². The third-order valence-corrected chi connectivity index (χ3v) is 19.0. The quantitative estimate of drug-likeness (QED) is 0.0557. The van der Waals surface area contributed by atoms with Gasteiger partial charge in [0.15, 0.2) is 31.9 Å². The monoisotopic (exact) mass is 1000 g/mol. The molecule has 1 aliphatic heterocycles. The predicted molar refractivity (Wildman–Crippen MR) is 283 cm³/mol. The number of H-pyrrole nitrogens is 1. The highest BCUT2D eigenvalue weighted by Gasteiger charge is 2.61. The van der Waals surface area contributed by atoms with Gasteiger partial charge >= 0.3 is 0 Å². The summed E-state index contributed by atoms with van der Waals surface area (Å²) in [4.78, 5) is 26.7. The van der Waals surface area contributed by atoms with Crippen LogP contribution in [0.25, 0.3) is 11.2 Å². The smallest absolute Gasteiger partial charge is 0.280 e. The predicted octanol–water partition coefficient (Wildman–Crippen LogP) is 10.5. The Balaban J connectivity index is 1.19. The molecule has 9 rings (SSSR count). The Hall–Kier alpha value is -7.14. The minimum absolute atomic E-state index is 0.0412. The number of imidazole rings is 1. The van der Waals surface area contributed by atoms with Crippen LogP contribution in [0, 0.1) is 0 Å². The van der Waals surface area contributed by atoms with E-state index in [1.54, 1.807) is 21.3 Å². The Labute approximate surface area is 426 Å². The van der Waals surface area contributed by atoms with E-state index in [4.69, 9.17) is 33.1 Å². The van der Waals surface area contributed by atoms with E-state index in [1.807, 2.05) is 177 Å². The number of benzene rings is 6. The number of aromatic amines is 1. The lowest BCUT2D eigenvalue weighted by Crippen LogP contribution is -2.57. The molecule has 8 aromatic rings. The Morgan fingerprint density at radius 2 is 1.14 bits per heavy atom. The molecule has 0 unspecified atom stereocenters. The lowest BCUT2D eigenvalue weighted by atomic mass is 9.77. The van der Waals surface area contributed by atoms with Crippen LogP contribution in [-0.2, 0) is 25.0 Å². The summed E-state index contributed by atoms with van der Waals surface area (Å²) in [5.74, 6) is 2.03. The molecule has 2 aromatic heterocycles. The van der Waals surface area contributed by atoms with Gasteiger partial charge in [0.2, 0.25) is 5.95 Å². The van der Waals surface area contributed by atoms with E-state index < -0.39 is 55.7 Å². The van der Waals surface area contributed by atoms with Gasteiger partial charge in [-0.15, -0.1) is 0 Å². The van der Waals surface area contributed by atoms with Crippen LogP contribution in [0.1, 0.15) is 60.4 Å². The van der Waals surface area contributed by atoms with E-state index in [2.05, 4.69) is 36.1 Å². The third kappa shape index (κ3) is 9.32. The highest BCUT2D eigenvalue weighted by atomic mass is 28.4. The average Bonchev–Trinajstić information content (AvgIpc) is 3.97. The summed E-state index contributed by atoms with van der Waals surface area (Å²) >= 11 is 0. The van der Waals surface area contributed by atoms with Crippen LogP contribution in [0.2, 0.25) is 18.1 Å². The van der Waals surface area contributed by atoms with Gasteiger partial charge in [0, 0.05) is 0 Å². The Kier molecular flexibility index (Phi) is 14.2. The molecule has 13 nitrogen and oxygen atoms in total. The number of aliphatic hydroxyl groups excluding tert-OH is 1. The minimum atomic E-state index is -2.85. The minimum Gasteiger partial charge on any atom is -0.497 e. The molecule has 0 saturated carbocycles. The number of aromatic nitrogens is 4. The molecule has 0 radical (unpaired) electrons. The number of fused-ring (bicyclic) bond motifs is 1. The molecular formula is C58H62FN5O8Si. The molecule has 3 N–H and O–H groups in total. The Bertz CT molecular complexity index is 3090. The van der Waals surface area contributed by atoms with E-state index in [0.717, 1.165) is 33.4 Å². The first kappa shape index (κ1) is 50.8. The maximum absolute atomic E-state index is 18.3. The largest absolute Gasteiger partial charge is 0.497 e. The van der Waals surface area contributed by atoms with Crippen LogP contribution >= 0.6 is 0 Å². The van der Waals surface area contributed by atoms with Crippen molar-refractivity contribution in [2.45, 2.75) is 74.1 Å². The van der Waals surface area contributed by atoms with Crippen molar-refractivity contribution in [2.24, 2.45) is 0 Å². The first-order chi connectivity index (χ1) is 35.1. The van der Waals surface area contributed by atoms with Gasteiger partial charge in [-0.1, -0.05) is 148 Å². The molecular weight excluding hydrogens is 942 g/mol. The van der Waals surface area contributed by atoms with E-state index in [9.17, 15) is 9.90 Å². The standard InChI is InChI=1S/C58H62FN5O8Si/c1-55(2,3)73(7,8)72-50-48(59)53(71-56(50,36-65)37-70-58(42-22-16-11-17-23-42,43-26-32-46(68-5)33-27-43)44-28-34-47(69-6)35-29-44)64-38-60-49-51(64)61-54(62-52(49)66)63-57(39-18-12-9-13-19-39,40-20-14-10-15-21-40)41-24-30-45(67-4)31-25-41/h9-35,38,48,50,53,65H,36-37H2,1-8H3,(H2,61,62,63,66)/t48-,50-,53+,56-/m0/s1. The average molecular weight is 1000 g/mol. The van der Waals surface area contributed by atoms with Crippen LogP contribution in [0.5, 0.6) is 17.2 Å². The van der Waals surface area contributed by atoms with Crippen molar-refractivity contribution < 1.29 is 37.6 Å². The van der Waals surface area contributed by atoms with E-state index in [1.165, 1.54) is 10.9 Å². The first-order valence-corrected chi connectivity index (χ1v) is 27.1. The summed E-state index contributed by atoms with van der Waals surface area (Å²) in [6.45, 7) is 9.18. The van der Waals surface area contributed by atoms with Crippen molar-refractivity contribution in [1.82, 2.24) is 19.5 Å². The SMILES string of the molecule is COc1ccc(C(Nc2nc3c(ncn3[C@@H]3O[C@@](CO)(COC(c4ccccc4)(c4ccc(OC)cc4)c4ccc(OC)cc4)[C@@H](O[Si](C)(C)C(C)(C)C)[C@@H]3F)c(=O)[nH]2)(c2ccccc2)c2ccccc2)cc1. The molecule has 0 amide bonds. The van der Waals surface area contributed by atoms with Gasteiger partial charge in [0.1, 0.15) is 40.1 Å². The van der Waals surface area contributed by atoms with Gasteiger partial charge in [-0.3, -0.25) is 14.3 Å². The summed E-state index contributed by atoms with van der Waals surface area (Å²) in [6.07, 6.45) is -3.46. The highest BCUT2D eigenvalue weighted by molar-refractivity contribution is 6.74. The number of methoxy groups -OCH3 is 3. The zero-order chi connectivity index (χ0) is 51.6. The normalized spacial score (nSPS) is 18.4. The number of halogens is 1. The van der Waals surface area contributed by atoms with E-state index in [0.29, 0.717) is 17.2 Å². The van der Waals surface area contributed by atoms with Gasteiger partial charge in [-0.05, 0) is 87.9 Å². The van der Waals surface area contributed by atoms with Crippen LogP contribution in [0.15, 0.2) is 175 Å². The number of hydrogen-bond donors (Lipinski definition) is 3. The summed E-state index contributed by atoms with van der Waals surface area (Å²) in [7, 11) is 1.97. The van der Waals surface area contributed by atoms with Gasteiger partial charge in [0.25, 0.3) is 5.56 Å². The molecule has 1 aliphatic rings. The fourth-order valence-electron chi connectivity index (χ4n) is 9.57. The van der Waals surface area contributed by atoms with Crippen LogP contribution < -0.4 is 25.1 Å². The second kappa shape index (κ2) is 20.4. The van der Waals surface area contributed by atoms with Crippen LogP contribution in [-0.4, -0.2) is 85.4 Å². The Morgan fingerprint density at radius 3 is 1.59 bits per heavy atom. The lowest BCUT2D eigenvalue weighted by Gasteiger charge is -2.44. The number of ether oxygens (including phenoxy) is 5. The summed E-state index contributed by atoms with van der Waals surface area (Å²) in [6, 6.07) is 52.1. The van der Waals surface area contributed by atoms with Crippen molar-refractivity contribution in [2.75, 3.05) is 39.9 Å². The van der Waals surface area contributed by atoms with Crippen LogP contribution in [0.4, 0.5) is 10.3 Å². The number of alkyl halides is 1. The maximum atomic E-state index is 18.3. The Morgan fingerprint density at radius 1 is 0.699 bits per heavy atom. The second-order valence-electron chi connectivity index (χ2n) is 19.8. The highest BCUT2D eigenvalue weighted by Crippen LogP contribution is 2.49. The van der Waals surface area contributed by atoms with Crippen molar-refractivity contribution >= 4 is 25.4 Å². The van der Waals surface area contributed by atoms with Crippen molar-refractivity contribution in [3.05, 3.63) is 214 Å². The molecule has 0 spiro atoms. The summed E-state index contributed by atoms with van der Waals surface area (Å²) in [5.41, 5.74) is -0.160. The number of nitrogens with one attached hydrogen (secondary N) is 2. The van der Waals surface area contributed by atoms with Crippen molar-refractivity contribution in [3.63, 3.8) is 0 Å². The number of hydrogen-bond acceptors (Lipinski definition) is 11. The number of aliphatic hydroxyl groups is 1. The van der Waals surface area contributed by atoms with Crippen molar-refractivity contribution in [3.8, 4) is 17.2 Å². The molecule has 0 aliphatic carbocycles. The first-order valence-electron chi connectivity index (χ1n) is 24.2. The van der Waals surface area contributed by atoms with Crippen LogP contribution in [0.3, 0.4) is 0 Å². The number of anilines is 1. The molecule has 378 valence electrons. The number of nitrogens with zero attached hydrogens (tertiary/aromatic N) is 3. The van der Waals surface area contributed by atoms with E-state index in [-0.39, 0.29) is 28.8 Å². The summed E-state index contributed by atoms with van der Waals surface area (Å²) in [5, 5.41) is 15.1. The van der Waals surface area contributed by atoms with Gasteiger partial charge in [-0.2, -0.15) is 4.98 Å². The molecule has 1 fully saturated rings. The van der Waals surface area contributed by atoms with E-state index >= 15 is 4.39 Å². The number of rotatable bonds is 18. The zero-order valence-corrected chi connectivity index (χ0v) is 43.3. The fraction of sp³-hybridized carbons (Fsp3) is 0.293. The van der Waals surface area contributed by atoms with Gasteiger partial charge in [-0.25, -0.2) is 9.37 Å². The van der Waals surface area contributed by atoms with Gasteiger partial charge < -0.3 is 38.5 Å². The fourth-order valence-corrected chi connectivity index (χ4v) is 10.9. The summed E-state index contributed by atoms with van der Waals surface area (Å²) < 4.78 is 57.8. The topological polar surface area (TPSA) is 151 Å². The molecule has 3 heterocycles. The maximum Gasteiger partial charge on any atom is 0.280 e.